The van der Waals surface area contributed by atoms with E-state index in [4.69, 9.17) is 16.3 Å². The standard InChI is InChI=1S/C27H20ClFN4O3S/c1-16-11-17(3-6-21(16)28)20-13-25(36-2)24(14-22(20)29)33-23-7-5-19(12-18(23)4-8-27(33)34)37(35)32-26-15-30-9-10-31-26/h3-15H,1-2H3,(H,31,32). The summed E-state index contributed by atoms with van der Waals surface area (Å²) in [5, 5.41) is 1.22. The van der Waals surface area contributed by atoms with Crippen molar-refractivity contribution in [3.05, 3.63) is 106 Å². The number of hydrogen-bond acceptors (Lipinski definition) is 5. The van der Waals surface area contributed by atoms with Gasteiger partial charge in [0.15, 0.2) is 16.8 Å². The number of fused-ring (bicyclic) bond motifs is 1. The van der Waals surface area contributed by atoms with Crippen LogP contribution < -0.4 is 15.0 Å². The third-order valence-electron chi connectivity index (χ3n) is 5.82. The molecular weight excluding hydrogens is 515 g/mol. The second kappa shape index (κ2) is 10.1. The van der Waals surface area contributed by atoms with Gasteiger partial charge in [-0.3, -0.25) is 19.1 Å². The van der Waals surface area contributed by atoms with Crippen LogP contribution in [0, 0.1) is 12.7 Å². The largest absolute Gasteiger partial charge is 0.495 e. The summed E-state index contributed by atoms with van der Waals surface area (Å²) in [4.78, 5) is 21.5. The highest BCUT2D eigenvalue weighted by molar-refractivity contribution is 7.86. The van der Waals surface area contributed by atoms with E-state index in [9.17, 15) is 9.00 Å². The lowest BCUT2D eigenvalue weighted by atomic mass is 10.0. The molecule has 5 rings (SSSR count). The summed E-state index contributed by atoms with van der Waals surface area (Å²) in [5.74, 6) is 0.157. The third kappa shape index (κ3) is 4.83. The minimum absolute atomic E-state index is 0.247. The van der Waals surface area contributed by atoms with Crippen molar-refractivity contribution in [1.29, 1.82) is 0 Å². The first-order valence-electron chi connectivity index (χ1n) is 11.1. The summed E-state index contributed by atoms with van der Waals surface area (Å²) in [6.07, 6.45) is 4.47. The first-order chi connectivity index (χ1) is 17.9. The highest BCUT2D eigenvalue weighted by atomic mass is 35.5. The number of rotatable bonds is 6. The Kier molecular flexibility index (Phi) is 6.73. The maximum absolute atomic E-state index is 15.4. The van der Waals surface area contributed by atoms with Gasteiger partial charge in [-0.2, -0.15) is 0 Å². The van der Waals surface area contributed by atoms with E-state index in [0.29, 0.717) is 43.5 Å². The van der Waals surface area contributed by atoms with Crippen LogP contribution in [0.3, 0.4) is 0 Å². The molecule has 1 atom stereocenters. The zero-order valence-electron chi connectivity index (χ0n) is 19.7. The van der Waals surface area contributed by atoms with Crippen LogP contribution in [0.25, 0.3) is 27.7 Å². The average molecular weight is 535 g/mol. The molecule has 0 amide bonds. The Bertz CT molecular complexity index is 1730. The maximum Gasteiger partial charge on any atom is 0.255 e. The summed E-state index contributed by atoms with van der Waals surface area (Å²) >= 11 is 6.13. The number of nitrogens with zero attached hydrogens (tertiary/aromatic N) is 3. The second-order valence-electron chi connectivity index (χ2n) is 8.16. The van der Waals surface area contributed by atoms with Crippen LogP contribution in [0.1, 0.15) is 5.56 Å². The van der Waals surface area contributed by atoms with E-state index in [-0.39, 0.29) is 11.2 Å². The Labute approximate surface area is 219 Å². The molecular formula is C27H20ClFN4O3S. The van der Waals surface area contributed by atoms with Gasteiger partial charge in [0, 0.05) is 40.5 Å². The molecule has 1 unspecified atom stereocenters. The smallest absolute Gasteiger partial charge is 0.255 e. The Morgan fingerprint density at radius 2 is 1.89 bits per heavy atom. The van der Waals surface area contributed by atoms with Gasteiger partial charge in [0.05, 0.1) is 29.4 Å². The summed E-state index contributed by atoms with van der Waals surface area (Å²) in [7, 11) is -0.157. The molecule has 0 spiro atoms. The topological polar surface area (TPSA) is 86.1 Å². The fourth-order valence-corrected chi connectivity index (χ4v) is 4.96. The van der Waals surface area contributed by atoms with Crippen molar-refractivity contribution in [2.45, 2.75) is 11.8 Å². The SMILES string of the molecule is COc1cc(-c2ccc(Cl)c(C)c2)c(F)cc1-n1c(=O)ccc2cc(S(=O)Nc3cnccn3)ccc21. The van der Waals surface area contributed by atoms with Crippen LogP contribution in [-0.2, 0) is 11.0 Å². The molecule has 1 N–H and O–H groups in total. The van der Waals surface area contributed by atoms with Gasteiger partial charge in [0.25, 0.3) is 5.56 Å². The van der Waals surface area contributed by atoms with Crippen molar-refractivity contribution in [3.8, 4) is 22.6 Å². The van der Waals surface area contributed by atoms with E-state index in [1.165, 1.54) is 42.4 Å². The number of methoxy groups -OCH3 is 1. The lowest BCUT2D eigenvalue weighted by Crippen LogP contribution is -2.18. The van der Waals surface area contributed by atoms with Gasteiger partial charge < -0.3 is 4.74 Å². The summed E-state index contributed by atoms with van der Waals surface area (Å²) in [6.45, 7) is 1.84. The molecule has 0 aliphatic rings. The molecule has 5 aromatic rings. The van der Waals surface area contributed by atoms with Crippen LogP contribution in [0.4, 0.5) is 10.2 Å². The van der Waals surface area contributed by atoms with E-state index in [1.54, 1.807) is 48.5 Å². The van der Waals surface area contributed by atoms with Crippen LogP contribution >= 0.6 is 11.6 Å². The minimum atomic E-state index is -1.62. The minimum Gasteiger partial charge on any atom is -0.495 e. The molecule has 186 valence electrons. The van der Waals surface area contributed by atoms with Gasteiger partial charge in [-0.05, 0) is 60.5 Å². The van der Waals surface area contributed by atoms with Crippen LogP contribution in [-0.4, -0.2) is 25.9 Å². The van der Waals surface area contributed by atoms with Crippen molar-refractivity contribution in [1.82, 2.24) is 14.5 Å². The average Bonchev–Trinajstić information content (AvgIpc) is 2.90. The van der Waals surface area contributed by atoms with Crippen molar-refractivity contribution in [2.75, 3.05) is 11.8 Å². The Morgan fingerprint density at radius 1 is 1.05 bits per heavy atom. The molecule has 0 aliphatic heterocycles. The van der Waals surface area contributed by atoms with Gasteiger partial charge in [-0.25, -0.2) is 13.6 Å². The molecule has 0 radical (unpaired) electrons. The van der Waals surface area contributed by atoms with E-state index >= 15 is 4.39 Å². The fraction of sp³-hybridized carbons (Fsp3) is 0.0741. The molecule has 3 aromatic carbocycles. The first-order valence-corrected chi connectivity index (χ1v) is 12.6. The number of ether oxygens (including phenoxy) is 1. The lowest BCUT2D eigenvalue weighted by Gasteiger charge is -2.17. The zero-order chi connectivity index (χ0) is 26.1. The van der Waals surface area contributed by atoms with Crippen molar-refractivity contribution >= 4 is 39.3 Å². The molecule has 0 saturated heterocycles. The number of aryl methyl sites for hydroxylation is 1. The third-order valence-corrected chi connectivity index (χ3v) is 7.32. The van der Waals surface area contributed by atoms with E-state index < -0.39 is 16.8 Å². The normalized spacial score (nSPS) is 11.9. The van der Waals surface area contributed by atoms with Crippen molar-refractivity contribution in [3.63, 3.8) is 0 Å². The first kappa shape index (κ1) is 24.6. The van der Waals surface area contributed by atoms with E-state index in [1.807, 2.05) is 6.92 Å². The van der Waals surface area contributed by atoms with E-state index in [0.717, 1.165) is 5.56 Å². The van der Waals surface area contributed by atoms with Crippen LogP contribution in [0.2, 0.25) is 5.02 Å². The number of pyridine rings is 1. The fourth-order valence-electron chi connectivity index (χ4n) is 4.01. The monoisotopic (exact) mass is 534 g/mol. The molecule has 7 nitrogen and oxygen atoms in total. The highest BCUT2D eigenvalue weighted by Gasteiger charge is 2.17. The summed E-state index contributed by atoms with van der Waals surface area (Å²) < 4.78 is 38.0. The lowest BCUT2D eigenvalue weighted by molar-refractivity contribution is 0.412. The highest BCUT2D eigenvalue weighted by Crippen LogP contribution is 2.34. The Balaban J connectivity index is 1.60. The number of nitrogens with one attached hydrogen (secondary N) is 1. The molecule has 2 heterocycles. The van der Waals surface area contributed by atoms with Gasteiger partial charge in [-0.15, -0.1) is 0 Å². The summed E-state index contributed by atoms with van der Waals surface area (Å²) in [6, 6.07) is 16.1. The van der Waals surface area contributed by atoms with Crippen molar-refractivity contribution < 1.29 is 13.3 Å². The number of halogens is 2. The zero-order valence-corrected chi connectivity index (χ0v) is 21.3. The predicted molar refractivity (Wildman–Crippen MR) is 143 cm³/mol. The number of hydrogen-bond donors (Lipinski definition) is 1. The number of aromatic nitrogens is 3. The number of benzene rings is 3. The second-order valence-corrected chi connectivity index (χ2v) is 9.78. The van der Waals surface area contributed by atoms with Crippen molar-refractivity contribution in [2.24, 2.45) is 0 Å². The van der Waals surface area contributed by atoms with E-state index in [2.05, 4.69) is 14.7 Å². The molecule has 37 heavy (non-hydrogen) atoms. The van der Waals surface area contributed by atoms with Gasteiger partial charge in [-0.1, -0.05) is 17.7 Å². The van der Waals surface area contributed by atoms with Gasteiger partial charge in [0.1, 0.15) is 11.6 Å². The van der Waals surface area contributed by atoms with Crippen LogP contribution in [0.5, 0.6) is 5.75 Å². The molecule has 2 aromatic heterocycles. The molecule has 0 aliphatic carbocycles. The van der Waals surface area contributed by atoms with Crippen LogP contribution in [0.15, 0.2) is 88.9 Å². The van der Waals surface area contributed by atoms with Gasteiger partial charge in [0.2, 0.25) is 0 Å². The molecule has 10 heteroatoms. The number of anilines is 1. The Hall–Kier alpha value is -4.08. The molecule has 0 fully saturated rings. The maximum atomic E-state index is 15.4. The molecule has 0 saturated carbocycles. The molecule has 0 bridgehead atoms. The Morgan fingerprint density at radius 3 is 2.62 bits per heavy atom. The quantitative estimate of drug-likeness (QED) is 0.302. The summed E-state index contributed by atoms with van der Waals surface area (Å²) in [5.41, 5.74) is 2.15. The predicted octanol–water partition coefficient (Wildman–Crippen LogP) is 5.69. The van der Waals surface area contributed by atoms with Gasteiger partial charge >= 0.3 is 0 Å².